The predicted octanol–water partition coefficient (Wildman–Crippen LogP) is 0.173. The monoisotopic (exact) mass is 238 g/mol. The molecule has 6 nitrogen and oxygen atoms in total. The smallest absolute Gasteiger partial charge is 0.188 e. The van der Waals surface area contributed by atoms with Gasteiger partial charge in [-0.3, -0.25) is 4.90 Å². The average Bonchev–Trinajstić information content (AvgIpc) is 2.86. The minimum Gasteiger partial charge on any atom is -0.313 e. The molecule has 1 fully saturated rings. The summed E-state index contributed by atoms with van der Waals surface area (Å²) in [5.74, 6) is 0.823. The van der Waals surface area contributed by atoms with Crippen LogP contribution in [0.4, 0.5) is 0 Å². The van der Waals surface area contributed by atoms with Gasteiger partial charge >= 0.3 is 0 Å². The molecule has 96 valence electrons. The number of hydrogen-bond acceptors (Lipinski definition) is 5. The summed E-state index contributed by atoms with van der Waals surface area (Å²) in [6, 6.07) is 1.16. The van der Waals surface area contributed by atoms with E-state index < -0.39 is 0 Å². The van der Waals surface area contributed by atoms with Gasteiger partial charge in [-0.05, 0) is 24.6 Å². The third kappa shape index (κ3) is 3.47. The Morgan fingerprint density at radius 1 is 1.47 bits per heavy atom. The molecule has 6 heteroatoms. The number of nitrogens with zero attached hydrogens (tertiary/aromatic N) is 5. The molecule has 1 saturated heterocycles. The molecular formula is C11H22N6. The number of aromatic nitrogens is 4. The van der Waals surface area contributed by atoms with Crippen LogP contribution in [-0.2, 0) is 13.6 Å². The summed E-state index contributed by atoms with van der Waals surface area (Å²) in [4.78, 5) is 3.97. The molecule has 0 amide bonds. The molecule has 0 radical (unpaired) electrons. The van der Waals surface area contributed by atoms with E-state index in [1.807, 2.05) is 0 Å². The Balaban J connectivity index is 1.86. The van der Waals surface area contributed by atoms with Crippen molar-refractivity contribution in [1.82, 2.24) is 30.4 Å². The van der Waals surface area contributed by atoms with Crippen molar-refractivity contribution in [2.45, 2.75) is 45.3 Å². The molecule has 0 aromatic carbocycles. The van der Waals surface area contributed by atoms with Gasteiger partial charge in [-0.1, -0.05) is 13.8 Å². The third-order valence-corrected chi connectivity index (χ3v) is 3.16. The highest BCUT2D eigenvalue weighted by molar-refractivity contribution is 4.86. The van der Waals surface area contributed by atoms with E-state index in [4.69, 9.17) is 0 Å². The molecule has 1 N–H and O–H groups in total. The van der Waals surface area contributed by atoms with Gasteiger partial charge in [-0.2, -0.15) is 4.80 Å². The second-order valence-corrected chi connectivity index (χ2v) is 5.02. The molecule has 0 bridgehead atoms. The lowest BCUT2D eigenvalue weighted by atomic mass is 10.2. The standard InChI is InChI=1S/C11H22N6/c1-9(2)12-7-10-5-4-6-17(10)8-11-13-15-16(3)14-11/h9-10,12H,4-8H2,1-3H3. The zero-order valence-corrected chi connectivity index (χ0v) is 10.9. The first-order chi connectivity index (χ1) is 8.15. The largest absolute Gasteiger partial charge is 0.313 e. The van der Waals surface area contributed by atoms with Crippen LogP contribution in [0.25, 0.3) is 0 Å². The molecule has 1 unspecified atom stereocenters. The van der Waals surface area contributed by atoms with Crippen molar-refractivity contribution in [3.63, 3.8) is 0 Å². The van der Waals surface area contributed by atoms with Crippen LogP contribution in [0.1, 0.15) is 32.5 Å². The van der Waals surface area contributed by atoms with Gasteiger partial charge in [0, 0.05) is 18.6 Å². The fourth-order valence-corrected chi connectivity index (χ4v) is 2.27. The molecule has 1 aromatic heterocycles. The highest BCUT2D eigenvalue weighted by Gasteiger charge is 2.25. The van der Waals surface area contributed by atoms with E-state index in [9.17, 15) is 0 Å². The van der Waals surface area contributed by atoms with Crippen molar-refractivity contribution >= 4 is 0 Å². The molecule has 1 atom stereocenters. The summed E-state index contributed by atoms with van der Waals surface area (Å²) in [6.07, 6.45) is 2.53. The summed E-state index contributed by atoms with van der Waals surface area (Å²) in [7, 11) is 1.80. The van der Waals surface area contributed by atoms with E-state index in [-0.39, 0.29) is 0 Å². The van der Waals surface area contributed by atoms with Gasteiger partial charge in [0.25, 0.3) is 0 Å². The first kappa shape index (κ1) is 12.4. The lowest BCUT2D eigenvalue weighted by molar-refractivity contribution is 0.230. The summed E-state index contributed by atoms with van der Waals surface area (Å²) in [5, 5.41) is 15.7. The van der Waals surface area contributed by atoms with Crippen molar-refractivity contribution in [3.05, 3.63) is 5.82 Å². The van der Waals surface area contributed by atoms with Crippen molar-refractivity contribution in [2.75, 3.05) is 13.1 Å². The molecule has 17 heavy (non-hydrogen) atoms. The van der Waals surface area contributed by atoms with E-state index in [2.05, 4.69) is 39.5 Å². The first-order valence-corrected chi connectivity index (χ1v) is 6.35. The van der Waals surface area contributed by atoms with Gasteiger partial charge in [0.2, 0.25) is 0 Å². The minimum atomic E-state index is 0.548. The second kappa shape index (κ2) is 5.55. The van der Waals surface area contributed by atoms with E-state index in [0.29, 0.717) is 12.1 Å². The number of hydrogen-bond donors (Lipinski definition) is 1. The van der Waals surface area contributed by atoms with Crippen LogP contribution in [-0.4, -0.2) is 50.3 Å². The van der Waals surface area contributed by atoms with Crippen molar-refractivity contribution in [3.8, 4) is 0 Å². The lowest BCUT2D eigenvalue weighted by Crippen LogP contribution is -2.40. The Hall–Kier alpha value is -1.01. The van der Waals surface area contributed by atoms with E-state index in [1.54, 1.807) is 7.05 Å². The topological polar surface area (TPSA) is 58.9 Å². The number of rotatable bonds is 5. The second-order valence-electron chi connectivity index (χ2n) is 5.02. The van der Waals surface area contributed by atoms with Gasteiger partial charge < -0.3 is 5.32 Å². The van der Waals surface area contributed by atoms with Crippen LogP contribution < -0.4 is 5.32 Å². The van der Waals surface area contributed by atoms with Gasteiger partial charge in [0.05, 0.1) is 13.6 Å². The molecule has 1 aliphatic heterocycles. The summed E-state index contributed by atoms with van der Waals surface area (Å²) < 4.78 is 0. The maximum atomic E-state index is 4.24. The average molecular weight is 238 g/mol. The van der Waals surface area contributed by atoms with Crippen molar-refractivity contribution in [2.24, 2.45) is 7.05 Å². The molecule has 0 spiro atoms. The van der Waals surface area contributed by atoms with Gasteiger partial charge in [0.15, 0.2) is 5.82 Å². The summed E-state index contributed by atoms with van der Waals surface area (Å²) in [5.41, 5.74) is 0. The maximum absolute atomic E-state index is 4.24. The number of likely N-dealkylation sites (tertiary alicyclic amines) is 1. The zero-order chi connectivity index (χ0) is 12.3. The first-order valence-electron chi connectivity index (χ1n) is 6.35. The number of tetrazole rings is 1. The molecule has 0 aliphatic carbocycles. The highest BCUT2D eigenvalue weighted by atomic mass is 15.6. The van der Waals surface area contributed by atoms with Crippen LogP contribution in [0.2, 0.25) is 0 Å². The Labute approximate surface area is 102 Å². The Bertz CT molecular complexity index is 347. The van der Waals surface area contributed by atoms with E-state index >= 15 is 0 Å². The van der Waals surface area contributed by atoms with Crippen LogP contribution in [0, 0.1) is 0 Å². The molecular weight excluding hydrogens is 216 g/mol. The SMILES string of the molecule is CC(C)NCC1CCCN1Cc1nnn(C)n1. The lowest BCUT2D eigenvalue weighted by Gasteiger charge is -2.24. The fraction of sp³-hybridized carbons (Fsp3) is 0.909. The third-order valence-electron chi connectivity index (χ3n) is 3.16. The highest BCUT2D eigenvalue weighted by Crippen LogP contribution is 2.18. The van der Waals surface area contributed by atoms with Crippen LogP contribution >= 0.6 is 0 Å². The van der Waals surface area contributed by atoms with Crippen LogP contribution in [0.15, 0.2) is 0 Å². The van der Waals surface area contributed by atoms with Gasteiger partial charge in [-0.25, -0.2) is 0 Å². The van der Waals surface area contributed by atoms with Crippen LogP contribution in [0.5, 0.6) is 0 Å². The predicted molar refractivity (Wildman–Crippen MR) is 65.4 cm³/mol. The number of nitrogens with one attached hydrogen (secondary N) is 1. The minimum absolute atomic E-state index is 0.548. The summed E-state index contributed by atoms with van der Waals surface area (Å²) >= 11 is 0. The molecule has 2 heterocycles. The molecule has 1 aliphatic rings. The van der Waals surface area contributed by atoms with E-state index in [0.717, 1.165) is 25.5 Å². The molecule has 2 rings (SSSR count). The molecule has 1 aromatic rings. The molecule has 0 saturated carbocycles. The number of aryl methyl sites for hydroxylation is 1. The Kier molecular flexibility index (Phi) is 4.06. The van der Waals surface area contributed by atoms with Crippen molar-refractivity contribution in [1.29, 1.82) is 0 Å². The summed E-state index contributed by atoms with van der Waals surface area (Å²) in [6.45, 7) is 7.38. The quantitative estimate of drug-likeness (QED) is 0.792. The van der Waals surface area contributed by atoms with Crippen molar-refractivity contribution < 1.29 is 0 Å². The normalized spacial score (nSPS) is 21.5. The van der Waals surface area contributed by atoms with Crippen LogP contribution in [0.3, 0.4) is 0 Å². The van der Waals surface area contributed by atoms with Gasteiger partial charge in [-0.15, -0.1) is 10.2 Å². The zero-order valence-electron chi connectivity index (χ0n) is 10.9. The maximum Gasteiger partial charge on any atom is 0.188 e. The van der Waals surface area contributed by atoms with E-state index in [1.165, 1.54) is 17.6 Å². The fourth-order valence-electron chi connectivity index (χ4n) is 2.27. The Morgan fingerprint density at radius 3 is 2.94 bits per heavy atom. The van der Waals surface area contributed by atoms with Gasteiger partial charge in [0.1, 0.15) is 0 Å². The Morgan fingerprint density at radius 2 is 2.29 bits per heavy atom.